The van der Waals surface area contributed by atoms with Crippen LogP contribution in [-0.2, 0) is 4.79 Å². The molecule has 4 nitrogen and oxygen atoms in total. The third-order valence-electron chi connectivity index (χ3n) is 4.94. The molecule has 1 aliphatic heterocycles. The van der Waals surface area contributed by atoms with Gasteiger partial charge in [0.1, 0.15) is 0 Å². The van der Waals surface area contributed by atoms with E-state index >= 15 is 0 Å². The summed E-state index contributed by atoms with van der Waals surface area (Å²) in [5, 5.41) is 6.61. The highest BCUT2D eigenvalue weighted by Gasteiger charge is 2.57. The van der Waals surface area contributed by atoms with Gasteiger partial charge < -0.3 is 10.6 Å². The summed E-state index contributed by atoms with van der Waals surface area (Å²) in [4.78, 5) is 16.5. The average Bonchev–Trinajstić information content (AvgIpc) is 3.19. The highest BCUT2D eigenvalue weighted by molar-refractivity contribution is 5.83. The minimum absolute atomic E-state index is 0.116. The van der Waals surface area contributed by atoms with E-state index in [0.29, 0.717) is 5.41 Å². The third kappa shape index (κ3) is 2.57. The number of amides is 1. The molecule has 3 rings (SSSR count). The number of carbonyl (C=O) groups is 1. The van der Waals surface area contributed by atoms with Crippen molar-refractivity contribution in [3.05, 3.63) is 30.1 Å². The van der Waals surface area contributed by atoms with Gasteiger partial charge >= 0.3 is 0 Å². The van der Waals surface area contributed by atoms with Gasteiger partial charge in [-0.3, -0.25) is 9.78 Å². The molecule has 2 heterocycles. The lowest BCUT2D eigenvalue weighted by molar-refractivity contribution is -0.124. The molecule has 1 aromatic heterocycles. The molecule has 2 unspecified atom stereocenters. The lowest BCUT2D eigenvalue weighted by atomic mass is 9.91. The van der Waals surface area contributed by atoms with Crippen LogP contribution in [0.5, 0.6) is 0 Å². The largest absolute Gasteiger partial charge is 0.349 e. The number of nitrogens with one attached hydrogen (secondary N) is 2. The van der Waals surface area contributed by atoms with Crippen LogP contribution in [0.2, 0.25) is 0 Å². The van der Waals surface area contributed by atoms with E-state index in [1.54, 1.807) is 12.4 Å². The van der Waals surface area contributed by atoms with Crippen molar-refractivity contribution in [2.24, 2.45) is 11.3 Å². The fourth-order valence-electron chi connectivity index (χ4n) is 3.48. The van der Waals surface area contributed by atoms with Gasteiger partial charge in [0.2, 0.25) is 5.91 Å². The number of carbonyl (C=O) groups excluding carboxylic acids is 1. The Morgan fingerprint density at radius 2 is 2.15 bits per heavy atom. The lowest BCUT2D eigenvalue weighted by Gasteiger charge is -2.24. The Balaban J connectivity index is 1.61. The summed E-state index contributed by atoms with van der Waals surface area (Å²) in [6, 6.07) is 4.09. The topological polar surface area (TPSA) is 54.0 Å². The maximum absolute atomic E-state index is 12.5. The highest BCUT2D eigenvalue weighted by Crippen LogP contribution is 2.58. The zero-order valence-corrected chi connectivity index (χ0v) is 12.1. The van der Waals surface area contributed by atoms with Crippen LogP contribution in [0.25, 0.3) is 0 Å². The Kier molecular flexibility index (Phi) is 3.74. The second kappa shape index (κ2) is 5.52. The summed E-state index contributed by atoms with van der Waals surface area (Å²) < 4.78 is 0. The maximum Gasteiger partial charge on any atom is 0.224 e. The van der Waals surface area contributed by atoms with Crippen molar-refractivity contribution in [3.63, 3.8) is 0 Å². The second-order valence-corrected chi connectivity index (χ2v) is 6.12. The lowest BCUT2D eigenvalue weighted by Crippen LogP contribution is -2.35. The monoisotopic (exact) mass is 273 g/mol. The Morgan fingerprint density at radius 1 is 1.45 bits per heavy atom. The molecule has 2 atom stereocenters. The van der Waals surface area contributed by atoms with Crippen LogP contribution in [0.4, 0.5) is 0 Å². The third-order valence-corrected chi connectivity index (χ3v) is 4.94. The SMILES string of the molecule is CCC(NC(=O)C1CC12CCNCC2)c1ccncc1. The number of aromatic nitrogens is 1. The normalized spacial score (nSPS) is 25.1. The minimum atomic E-state index is 0.116. The first-order chi connectivity index (χ1) is 9.75. The fourth-order valence-corrected chi connectivity index (χ4v) is 3.48. The van der Waals surface area contributed by atoms with E-state index in [0.717, 1.165) is 44.3 Å². The standard InChI is InChI=1S/C16H23N3O/c1-2-14(12-3-7-17-8-4-12)19-15(20)13-11-16(13)5-9-18-10-6-16/h3-4,7-8,13-14,18H,2,5-6,9-11H2,1H3,(H,19,20). The molecule has 1 spiro atoms. The van der Waals surface area contributed by atoms with E-state index in [-0.39, 0.29) is 17.9 Å². The summed E-state index contributed by atoms with van der Waals surface area (Å²) in [5.74, 6) is 0.482. The van der Waals surface area contributed by atoms with E-state index in [1.807, 2.05) is 12.1 Å². The Labute approximate surface area is 120 Å². The molecule has 20 heavy (non-hydrogen) atoms. The van der Waals surface area contributed by atoms with Crippen LogP contribution in [0.15, 0.2) is 24.5 Å². The molecule has 2 fully saturated rings. The zero-order chi connectivity index (χ0) is 14.0. The predicted molar refractivity (Wildman–Crippen MR) is 78.1 cm³/mol. The smallest absolute Gasteiger partial charge is 0.224 e. The van der Waals surface area contributed by atoms with Gasteiger partial charge in [-0.2, -0.15) is 0 Å². The molecule has 4 heteroatoms. The molecule has 1 saturated heterocycles. The van der Waals surface area contributed by atoms with Crippen molar-refractivity contribution in [2.45, 2.75) is 38.6 Å². The minimum Gasteiger partial charge on any atom is -0.349 e. The van der Waals surface area contributed by atoms with Gasteiger partial charge in [-0.15, -0.1) is 0 Å². The summed E-state index contributed by atoms with van der Waals surface area (Å²) in [6.07, 6.45) is 7.86. The number of pyridine rings is 1. The molecule has 1 aliphatic carbocycles. The van der Waals surface area contributed by atoms with Crippen LogP contribution >= 0.6 is 0 Å². The number of rotatable bonds is 4. The molecule has 2 N–H and O–H groups in total. The number of hydrogen-bond donors (Lipinski definition) is 2. The average molecular weight is 273 g/mol. The van der Waals surface area contributed by atoms with Crippen LogP contribution in [-0.4, -0.2) is 24.0 Å². The summed E-state index contributed by atoms with van der Waals surface area (Å²) in [5.41, 5.74) is 1.46. The molecule has 0 radical (unpaired) electrons. The van der Waals surface area contributed by atoms with Crippen LogP contribution < -0.4 is 10.6 Å². The van der Waals surface area contributed by atoms with Crippen LogP contribution in [0.3, 0.4) is 0 Å². The van der Waals surface area contributed by atoms with Gasteiger partial charge in [0.15, 0.2) is 0 Å². The molecule has 1 aromatic rings. The first kappa shape index (κ1) is 13.6. The second-order valence-electron chi connectivity index (χ2n) is 6.12. The summed E-state index contributed by atoms with van der Waals surface area (Å²) in [7, 11) is 0. The Morgan fingerprint density at radius 3 is 2.80 bits per heavy atom. The van der Waals surface area contributed by atoms with Crippen molar-refractivity contribution < 1.29 is 4.79 Å². The van der Waals surface area contributed by atoms with Crippen molar-refractivity contribution >= 4 is 5.91 Å². The van der Waals surface area contributed by atoms with E-state index < -0.39 is 0 Å². The molecule has 0 aromatic carbocycles. The zero-order valence-electron chi connectivity index (χ0n) is 12.1. The maximum atomic E-state index is 12.5. The van der Waals surface area contributed by atoms with Gasteiger partial charge in [0, 0.05) is 18.3 Å². The van der Waals surface area contributed by atoms with E-state index in [2.05, 4.69) is 22.5 Å². The van der Waals surface area contributed by atoms with Gasteiger partial charge in [0.05, 0.1) is 6.04 Å². The predicted octanol–water partition coefficient (Wildman–Crippen LogP) is 2.04. The molecular weight excluding hydrogens is 250 g/mol. The van der Waals surface area contributed by atoms with Crippen LogP contribution in [0.1, 0.15) is 44.2 Å². The van der Waals surface area contributed by atoms with E-state index in [1.165, 1.54) is 0 Å². The number of piperidine rings is 1. The number of nitrogens with zero attached hydrogens (tertiary/aromatic N) is 1. The van der Waals surface area contributed by atoms with E-state index in [9.17, 15) is 4.79 Å². The highest BCUT2D eigenvalue weighted by atomic mass is 16.2. The summed E-state index contributed by atoms with van der Waals surface area (Å²) in [6.45, 7) is 4.23. The fraction of sp³-hybridized carbons (Fsp3) is 0.625. The number of hydrogen-bond acceptors (Lipinski definition) is 3. The van der Waals surface area contributed by atoms with Gasteiger partial charge in [-0.05, 0) is 61.9 Å². The molecule has 108 valence electrons. The van der Waals surface area contributed by atoms with Crippen molar-refractivity contribution in [3.8, 4) is 0 Å². The molecular formula is C16H23N3O. The molecule has 1 amide bonds. The molecule has 2 aliphatic rings. The van der Waals surface area contributed by atoms with E-state index in [4.69, 9.17) is 0 Å². The first-order valence-electron chi connectivity index (χ1n) is 7.66. The van der Waals surface area contributed by atoms with Crippen molar-refractivity contribution in [1.29, 1.82) is 0 Å². The van der Waals surface area contributed by atoms with Gasteiger partial charge in [-0.25, -0.2) is 0 Å². The summed E-state index contributed by atoms with van der Waals surface area (Å²) >= 11 is 0. The van der Waals surface area contributed by atoms with Crippen molar-refractivity contribution in [2.75, 3.05) is 13.1 Å². The quantitative estimate of drug-likeness (QED) is 0.882. The van der Waals surface area contributed by atoms with Gasteiger partial charge in [0.25, 0.3) is 0 Å². The first-order valence-corrected chi connectivity index (χ1v) is 7.66. The van der Waals surface area contributed by atoms with Crippen LogP contribution in [0, 0.1) is 11.3 Å². The molecule has 1 saturated carbocycles. The van der Waals surface area contributed by atoms with Crippen molar-refractivity contribution in [1.82, 2.24) is 15.6 Å². The Hall–Kier alpha value is -1.42. The Bertz CT molecular complexity index is 468. The van der Waals surface area contributed by atoms with Gasteiger partial charge in [-0.1, -0.05) is 6.92 Å². The molecule has 0 bridgehead atoms.